The molecule has 0 spiro atoms. The van der Waals surface area contributed by atoms with Crippen molar-refractivity contribution in [3.63, 3.8) is 0 Å². The van der Waals surface area contributed by atoms with Crippen molar-refractivity contribution in [3.8, 4) is 0 Å². The zero-order valence-electron chi connectivity index (χ0n) is 11.9. The van der Waals surface area contributed by atoms with Gasteiger partial charge in [-0.25, -0.2) is 0 Å². The molecule has 1 saturated heterocycles. The normalized spacial score (nSPS) is 17.1. The number of nitrogens with one attached hydrogen (secondary N) is 1. The Hall–Kier alpha value is -1.07. The van der Waals surface area contributed by atoms with E-state index >= 15 is 0 Å². The molecule has 0 saturated carbocycles. The van der Waals surface area contributed by atoms with Crippen LogP contribution < -0.4 is 11.1 Å². The second-order valence-electron chi connectivity index (χ2n) is 5.55. The van der Waals surface area contributed by atoms with Gasteiger partial charge in [-0.1, -0.05) is 22.9 Å². The summed E-state index contributed by atoms with van der Waals surface area (Å²) in [5, 5.41) is 2.95. The van der Waals surface area contributed by atoms with Crippen molar-refractivity contribution in [3.05, 3.63) is 28.2 Å². The standard InChI is InChI=1S/C15H22BrN3O/c1-11-2-5-19(6-3-11)7-4-18-15(20)12-8-13(16)10-14(17)9-12/h8-11H,2-7,17H2,1H3,(H,18,20). The molecule has 0 aliphatic carbocycles. The third kappa shape index (κ3) is 4.49. The van der Waals surface area contributed by atoms with Gasteiger partial charge in [-0.05, 0) is 50.0 Å². The quantitative estimate of drug-likeness (QED) is 0.828. The highest BCUT2D eigenvalue weighted by molar-refractivity contribution is 9.10. The first-order chi connectivity index (χ1) is 9.54. The van der Waals surface area contributed by atoms with Crippen molar-refractivity contribution in [1.29, 1.82) is 0 Å². The van der Waals surface area contributed by atoms with Gasteiger partial charge >= 0.3 is 0 Å². The summed E-state index contributed by atoms with van der Waals surface area (Å²) < 4.78 is 0.827. The Balaban J connectivity index is 1.77. The number of nitrogens with zero attached hydrogens (tertiary/aromatic N) is 1. The largest absolute Gasteiger partial charge is 0.399 e. The molecule has 0 atom stereocenters. The van der Waals surface area contributed by atoms with Crippen molar-refractivity contribution < 1.29 is 4.79 Å². The number of halogens is 1. The molecular formula is C15H22BrN3O. The van der Waals surface area contributed by atoms with Gasteiger partial charge in [0.25, 0.3) is 5.91 Å². The Kier molecular flexibility index (Phi) is 5.43. The summed E-state index contributed by atoms with van der Waals surface area (Å²) >= 11 is 3.35. The van der Waals surface area contributed by atoms with E-state index in [1.54, 1.807) is 18.2 Å². The van der Waals surface area contributed by atoms with Crippen LogP contribution in [0.25, 0.3) is 0 Å². The van der Waals surface area contributed by atoms with Crippen molar-refractivity contribution in [2.24, 2.45) is 5.92 Å². The first kappa shape index (κ1) is 15.3. The minimum atomic E-state index is -0.0663. The maximum absolute atomic E-state index is 12.0. The van der Waals surface area contributed by atoms with E-state index in [1.165, 1.54) is 12.8 Å². The van der Waals surface area contributed by atoms with E-state index in [0.717, 1.165) is 30.0 Å². The minimum absolute atomic E-state index is 0.0663. The molecular weight excluding hydrogens is 318 g/mol. The lowest BCUT2D eigenvalue weighted by Crippen LogP contribution is -2.39. The van der Waals surface area contributed by atoms with E-state index < -0.39 is 0 Å². The van der Waals surface area contributed by atoms with E-state index in [9.17, 15) is 4.79 Å². The van der Waals surface area contributed by atoms with Crippen LogP contribution in [-0.4, -0.2) is 37.0 Å². The topological polar surface area (TPSA) is 58.4 Å². The van der Waals surface area contributed by atoms with Gasteiger partial charge in [0.05, 0.1) is 0 Å². The van der Waals surface area contributed by atoms with Crippen molar-refractivity contribution >= 4 is 27.5 Å². The molecule has 1 fully saturated rings. The minimum Gasteiger partial charge on any atom is -0.399 e. The Labute approximate surface area is 128 Å². The zero-order valence-corrected chi connectivity index (χ0v) is 13.4. The Bertz CT molecular complexity index is 450. The summed E-state index contributed by atoms with van der Waals surface area (Å²) in [5.74, 6) is 0.772. The number of hydrogen-bond acceptors (Lipinski definition) is 3. The molecule has 0 bridgehead atoms. The van der Waals surface area contributed by atoms with Gasteiger partial charge in [-0.3, -0.25) is 4.79 Å². The van der Waals surface area contributed by atoms with Crippen LogP contribution in [-0.2, 0) is 0 Å². The molecule has 110 valence electrons. The molecule has 1 heterocycles. The van der Waals surface area contributed by atoms with Crippen molar-refractivity contribution in [2.75, 3.05) is 31.9 Å². The van der Waals surface area contributed by atoms with Crippen LogP contribution in [0.5, 0.6) is 0 Å². The zero-order chi connectivity index (χ0) is 14.5. The first-order valence-corrected chi connectivity index (χ1v) is 7.90. The molecule has 4 nitrogen and oxygen atoms in total. The molecule has 20 heavy (non-hydrogen) atoms. The van der Waals surface area contributed by atoms with Gasteiger partial charge in [0.1, 0.15) is 0 Å². The number of piperidine rings is 1. The molecule has 2 rings (SSSR count). The lowest BCUT2D eigenvalue weighted by molar-refractivity contribution is 0.0944. The molecule has 0 radical (unpaired) electrons. The van der Waals surface area contributed by atoms with Crippen LogP contribution in [0.15, 0.2) is 22.7 Å². The number of nitrogens with two attached hydrogens (primary N) is 1. The lowest BCUT2D eigenvalue weighted by Gasteiger charge is -2.30. The Morgan fingerprint density at radius 3 is 2.75 bits per heavy atom. The van der Waals surface area contributed by atoms with E-state index in [4.69, 9.17) is 5.73 Å². The molecule has 1 aliphatic rings. The second kappa shape index (κ2) is 7.09. The van der Waals surface area contributed by atoms with E-state index in [0.29, 0.717) is 17.8 Å². The van der Waals surface area contributed by atoms with Crippen molar-refractivity contribution in [2.45, 2.75) is 19.8 Å². The highest BCUT2D eigenvalue weighted by atomic mass is 79.9. The number of nitrogen functional groups attached to an aromatic ring is 1. The highest BCUT2D eigenvalue weighted by Crippen LogP contribution is 2.17. The summed E-state index contributed by atoms with van der Waals surface area (Å²) in [6, 6.07) is 5.27. The van der Waals surface area contributed by atoms with Crippen LogP contribution in [0, 0.1) is 5.92 Å². The molecule has 0 unspecified atom stereocenters. The molecule has 1 amide bonds. The van der Waals surface area contributed by atoms with Gasteiger partial charge < -0.3 is 16.0 Å². The summed E-state index contributed by atoms with van der Waals surface area (Å²) in [5.41, 5.74) is 6.93. The average Bonchev–Trinajstić information content (AvgIpc) is 2.40. The fourth-order valence-electron chi connectivity index (χ4n) is 2.46. The number of benzene rings is 1. The number of likely N-dealkylation sites (tertiary alicyclic amines) is 1. The number of hydrogen-bond donors (Lipinski definition) is 2. The van der Waals surface area contributed by atoms with Crippen LogP contribution in [0.4, 0.5) is 5.69 Å². The van der Waals surface area contributed by atoms with Crippen LogP contribution in [0.3, 0.4) is 0 Å². The maximum atomic E-state index is 12.0. The van der Waals surface area contributed by atoms with Crippen molar-refractivity contribution in [1.82, 2.24) is 10.2 Å². The van der Waals surface area contributed by atoms with E-state index in [1.807, 2.05) is 0 Å². The number of anilines is 1. The van der Waals surface area contributed by atoms with E-state index in [-0.39, 0.29) is 5.91 Å². The fourth-order valence-corrected chi connectivity index (χ4v) is 2.97. The van der Waals surface area contributed by atoms with Gasteiger partial charge in [-0.15, -0.1) is 0 Å². The second-order valence-corrected chi connectivity index (χ2v) is 6.47. The van der Waals surface area contributed by atoms with Crippen LogP contribution >= 0.6 is 15.9 Å². The summed E-state index contributed by atoms with van der Waals surface area (Å²) in [4.78, 5) is 14.4. The summed E-state index contributed by atoms with van der Waals surface area (Å²) in [6.07, 6.45) is 2.52. The van der Waals surface area contributed by atoms with Gasteiger partial charge in [0, 0.05) is 28.8 Å². The third-order valence-electron chi connectivity index (χ3n) is 3.77. The van der Waals surface area contributed by atoms with Gasteiger partial charge in [0.15, 0.2) is 0 Å². The smallest absolute Gasteiger partial charge is 0.251 e. The number of carbonyl (C=O) groups excluding carboxylic acids is 1. The Morgan fingerprint density at radius 2 is 2.10 bits per heavy atom. The fraction of sp³-hybridized carbons (Fsp3) is 0.533. The van der Waals surface area contributed by atoms with Crippen LogP contribution in [0.1, 0.15) is 30.1 Å². The number of amides is 1. The number of rotatable bonds is 4. The molecule has 5 heteroatoms. The van der Waals surface area contributed by atoms with E-state index in [2.05, 4.69) is 33.1 Å². The van der Waals surface area contributed by atoms with Gasteiger partial charge in [-0.2, -0.15) is 0 Å². The summed E-state index contributed by atoms with van der Waals surface area (Å²) in [6.45, 7) is 6.18. The molecule has 1 aromatic carbocycles. The highest BCUT2D eigenvalue weighted by Gasteiger charge is 2.15. The summed E-state index contributed by atoms with van der Waals surface area (Å²) in [7, 11) is 0. The SMILES string of the molecule is CC1CCN(CCNC(=O)c2cc(N)cc(Br)c2)CC1. The average molecular weight is 340 g/mol. The molecule has 1 aromatic rings. The molecule has 1 aliphatic heterocycles. The van der Waals surface area contributed by atoms with Crippen LogP contribution in [0.2, 0.25) is 0 Å². The third-order valence-corrected chi connectivity index (χ3v) is 4.23. The predicted molar refractivity (Wildman–Crippen MR) is 85.7 cm³/mol. The van der Waals surface area contributed by atoms with Gasteiger partial charge in [0.2, 0.25) is 0 Å². The predicted octanol–water partition coefficient (Wildman–Crippen LogP) is 2.49. The molecule has 0 aromatic heterocycles. The molecule has 3 N–H and O–H groups in total. The monoisotopic (exact) mass is 339 g/mol. The first-order valence-electron chi connectivity index (χ1n) is 7.11. The lowest BCUT2D eigenvalue weighted by atomic mass is 9.99. The Morgan fingerprint density at radius 1 is 1.40 bits per heavy atom. The number of carbonyl (C=O) groups is 1. The maximum Gasteiger partial charge on any atom is 0.251 e.